The molecule has 4 saturated carbocycles. The third kappa shape index (κ3) is 5.09. The van der Waals surface area contributed by atoms with Gasteiger partial charge in [0.2, 0.25) is 0 Å². The summed E-state index contributed by atoms with van der Waals surface area (Å²) in [4.78, 5) is 14.6. The van der Waals surface area contributed by atoms with E-state index >= 15 is 0 Å². The molecule has 0 spiro atoms. The minimum Gasteiger partial charge on any atom is -0.443 e. The lowest BCUT2D eigenvalue weighted by atomic mass is 9.48. The maximum absolute atomic E-state index is 5.67. The summed E-state index contributed by atoms with van der Waals surface area (Å²) in [5, 5.41) is 0. The predicted molar refractivity (Wildman–Crippen MR) is 197 cm³/mol. The molecular formula is C45H37N3O. The van der Waals surface area contributed by atoms with Gasteiger partial charge in [0.05, 0.1) is 11.4 Å². The van der Waals surface area contributed by atoms with Crippen LogP contribution in [0.25, 0.3) is 67.3 Å². The molecule has 0 radical (unpaired) electrons. The van der Waals surface area contributed by atoms with Crippen molar-refractivity contribution in [3.05, 3.63) is 139 Å². The third-order valence-corrected chi connectivity index (χ3v) is 11.7. The molecule has 49 heavy (non-hydrogen) atoms. The van der Waals surface area contributed by atoms with Gasteiger partial charge in [-0.1, -0.05) is 115 Å². The molecule has 4 bridgehead atoms. The molecule has 7 aromatic rings. The van der Waals surface area contributed by atoms with Gasteiger partial charge in [-0.15, -0.1) is 0 Å². The van der Waals surface area contributed by atoms with Crippen molar-refractivity contribution in [2.75, 3.05) is 0 Å². The number of hydrogen-bond donors (Lipinski definition) is 0. The van der Waals surface area contributed by atoms with Crippen molar-refractivity contribution in [1.82, 2.24) is 15.0 Å². The maximum atomic E-state index is 5.67. The zero-order chi connectivity index (χ0) is 32.4. The second-order valence-corrected chi connectivity index (χ2v) is 14.8. The summed E-state index contributed by atoms with van der Waals surface area (Å²) < 4.78 is 5.67. The van der Waals surface area contributed by atoms with Crippen LogP contribution < -0.4 is 0 Å². The molecule has 4 heteroatoms. The van der Waals surface area contributed by atoms with Crippen molar-refractivity contribution >= 4 is 11.1 Å². The Morgan fingerprint density at radius 2 is 1.06 bits per heavy atom. The number of rotatable bonds is 6. The van der Waals surface area contributed by atoms with Gasteiger partial charge in [-0.3, -0.25) is 0 Å². The first-order chi connectivity index (χ1) is 24.2. The summed E-state index contributed by atoms with van der Waals surface area (Å²) in [5.74, 6) is 3.58. The number of nitrogens with zero attached hydrogens (tertiary/aromatic N) is 3. The van der Waals surface area contributed by atoms with E-state index in [1.54, 1.807) is 0 Å². The van der Waals surface area contributed by atoms with Crippen LogP contribution in [0.2, 0.25) is 0 Å². The Hall–Kier alpha value is -5.35. The molecule has 2 heterocycles. The molecule has 4 aliphatic carbocycles. The van der Waals surface area contributed by atoms with Crippen molar-refractivity contribution in [3.8, 4) is 56.2 Å². The average molecular weight is 636 g/mol. The Bertz CT molecular complexity index is 2250. The summed E-state index contributed by atoms with van der Waals surface area (Å²) in [6, 6.07) is 45.3. The molecular weight excluding hydrogens is 599 g/mol. The Labute approximate surface area is 286 Å². The zero-order valence-corrected chi connectivity index (χ0v) is 27.4. The Kier molecular flexibility index (Phi) is 6.65. The maximum Gasteiger partial charge on any atom is 0.182 e. The van der Waals surface area contributed by atoms with Crippen LogP contribution in [0.1, 0.15) is 44.1 Å². The van der Waals surface area contributed by atoms with Crippen molar-refractivity contribution in [2.45, 2.75) is 43.9 Å². The van der Waals surface area contributed by atoms with Gasteiger partial charge < -0.3 is 4.42 Å². The molecule has 0 saturated heterocycles. The standard InChI is InChI=1S/C45H37N3O/c1-2-5-35(6-3-1)41-24-42(48-44(47-41)37-17-19-38(20-18-37)45-25-29-21-30(26-45)23-31(22-29)27-45)36-15-11-33(12-16-36)32-9-13-34(14-10-32)39-7-4-8-40-43(39)49-28-46-40/h1-20,24,28-31H,21-23,25-27H2. The highest BCUT2D eigenvalue weighted by molar-refractivity contribution is 5.90. The predicted octanol–water partition coefficient (Wildman–Crippen LogP) is 11.4. The van der Waals surface area contributed by atoms with Gasteiger partial charge in [-0.2, -0.15) is 0 Å². The molecule has 0 unspecified atom stereocenters. The minimum atomic E-state index is 0.387. The number of benzene rings is 5. The number of aromatic nitrogens is 3. The molecule has 0 atom stereocenters. The lowest BCUT2D eigenvalue weighted by Crippen LogP contribution is -2.48. The van der Waals surface area contributed by atoms with E-state index in [4.69, 9.17) is 14.4 Å². The van der Waals surface area contributed by atoms with Crippen LogP contribution in [-0.2, 0) is 5.41 Å². The number of oxazole rings is 1. The second-order valence-electron chi connectivity index (χ2n) is 14.8. The van der Waals surface area contributed by atoms with Gasteiger partial charge in [0.1, 0.15) is 5.52 Å². The second kappa shape index (κ2) is 11.4. The van der Waals surface area contributed by atoms with Crippen LogP contribution in [0.3, 0.4) is 0 Å². The van der Waals surface area contributed by atoms with Crippen molar-refractivity contribution < 1.29 is 4.42 Å². The van der Waals surface area contributed by atoms with Crippen LogP contribution in [0.5, 0.6) is 0 Å². The van der Waals surface area contributed by atoms with Crippen molar-refractivity contribution in [2.24, 2.45) is 17.8 Å². The van der Waals surface area contributed by atoms with E-state index in [9.17, 15) is 0 Å². The third-order valence-electron chi connectivity index (χ3n) is 11.7. The first kappa shape index (κ1) is 28.6. The van der Waals surface area contributed by atoms with Crippen LogP contribution >= 0.6 is 0 Å². The summed E-state index contributed by atoms with van der Waals surface area (Å²) in [7, 11) is 0. The Morgan fingerprint density at radius 1 is 0.510 bits per heavy atom. The normalized spacial score (nSPS) is 22.5. The van der Waals surface area contributed by atoms with Crippen molar-refractivity contribution in [3.63, 3.8) is 0 Å². The number of hydrogen-bond acceptors (Lipinski definition) is 4. The lowest BCUT2D eigenvalue weighted by molar-refractivity contribution is -0.00518. The van der Waals surface area contributed by atoms with E-state index in [1.807, 2.05) is 12.1 Å². The fourth-order valence-electron chi connectivity index (χ4n) is 9.71. The zero-order valence-electron chi connectivity index (χ0n) is 27.4. The fraction of sp³-hybridized carbons (Fsp3) is 0.222. The molecule has 4 aliphatic rings. The highest BCUT2D eigenvalue weighted by atomic mass is 16.3. The van der Waals surface area contributed by atoms with Crippen LogP contribution in [0, 0.1) is 17.8 Å². The molecule has 0 aliphatic heterocycles. The summed E-state index contributed by atoms with van der Waals surface area (Å²) in [5.41, 5.74) is 13.2. The molecule has 0 N–H and O–H groups in total. The minimum absolute atomic E-state index is 0.387. The molecule has 4 fully saturated rings. The Balaban J connectivity index is 0.963. The molecule has 4 nitrogen and oxygen atoms in total. The smallest absolute Gasteiger partial charge is 0.182 e. The molecule has 11 rings (SSSR count). The number of fused-ring (bicyclic) bond motifs is 1. The Morgan fingerprint density at radius 3 is 1.69 bits per heavy atom. The van der Waals surface area contributed by atoms with E-state index < -0.39 is 0 Å². The van der Waals surface area contributed by atoms with Gasteiger partial charge in [0, 0.05) is 22.3 Å². The van der Waals surface area contributed by atoms with E-state index in [1.165, 1.54) is 50.5 Å². The van der Waals surface area contributed by atoms with Crippen LogP contribution in [-0.4, -0.2) is 15.0 Å². The largest absolute Gasteiger partial charge is 0.443 e. The average Bonchev–Trinajstić information content (AvgIpc) is 3.64. The van der Waals surface area contributed by atoms with E-state index in [2.05, 4.69) is 120 Å². The van der Waals surface area contributed by atoms with Gasteiger partial charge >= 0.3 is 0 Å². The first-order valence-corrected chi connectivity index (χ1v) is 17.7. The molecule has 0 amide bonds. The number of para-hydroxylation sites is 1. The van der Waals surface area contributed by atoms with E-state index in [0.29, 0.717) is 5.41 Å². The SMILES string of the molecule is c1ccc(-c2cc(-c3ccc(-c4ccc(-c5cccc6ncoc56)cc4)cc3)nc(-c3ccc(C45CC6CC(CC(C6)C4)C5)cc3)n2)cc1. The summed E-state index contributed by atoms with van der Waals surface area (Å²) >= 11 is 0. The summed E-state index contributed by atoms with van der Waals surface area (Å²) in [6.07, 6.45) is 10.0. The van der Waals surface area contributed by atoms with Gasteiger partial charge in [0.15, 0.2) is 17.8 Å². The lowest BCUT2D eigenvalue weighted by Gasteiger charge is -2.57. The van der Waals surface area contributed by atoms with Gasteiger partial charge in [0.25, 0.3) is 0 Å². The molecule has 238 valence electrons. The highest BCUT2D eigenvalue weighted by Gasteiger charge is 2.51. The van der Waals surface area contributed by atoms with Gasteiger partial charge in [-0.25, -0.2) is 15.0 Å². The summed E-state index contributed by atoms with van der Waals surface area (Å²) in [6.45, 7) is 0. The van der Waals surface area contributed by atoms with E-state index in [-0.39, 0.29) is 0 Å². The van der Waals surface area contributed by atoms with E-state index in [0.717, 1.165) is 85.0 Å². The van der Waals surface area contributed by atoms with Gasteiger partial charge in [-0.05, 0) is 96.1 Å². The molecule has 2 aromatic heterocycles. The topological polar surface area (TPSA) is 51.8 Å². The fourth-order valence-corrected chi connectivity index (χ4v) is 9.71. The highest BCUT2D eigenvalue weighted by Crippen LogP contribution is 2.60. The van der Waals surface area contributed by atoms with Crippen molar-refractivity contribution in [1.29, 1.82) is 0 Å². The monoisotopic (exact) mass is 635 g/mol. The van der Waals surface area contributed by atoms with Crippen LogP contribution in [0.4, 0.5) is 0 Å². The molecule has 5 aromatic carbocycles. The quantitative estimate of drug-likeness (QED) is 0.182. The van der Waals surface area contributed by atoms with Crippen LogP contribution in [0.15, 0.2) is 138 Å². The first-order valence-electron chi connectivity index (χ1n) is 17.7.